The highest BCUT2D eigenvalue weighted by Crippen LogP contribution is 2.32. The third-order valence-corrected chi connectivity index (χ3v) is 12.5. The summed E-state index contributed by atoms with van der Waals surface area (Å²) in [5.41, 5.74) is 2.75. The summed E-state index contributed by atoms with van der Waals surface area (Å²) in [4.78, 5) is 32.1. The Morgan fingerprint density at radius 2 is 1.71 bits per heavy atom. The minimum absolute atomic E-state index is 0.169. The number of amides is 1. The molecule has 1 aromatic heterocycles. The first-order valence-electron chi connectivity index (χ1n) is 13.5. The van der Waals surface area contributed by atoms with Crippen LogP contribution in [0, 0.1) is 0 Å². The first-order valence-corrected chi connectivity index (χ1v) is 21.3. The second-order valence-electron chi connectivity index (χ2n) is 11.8. The van der Waals surface area contributed by atoms with Crippen molar-refractivity contribution in [2.24, 2.45) is 0 Å². The van der Waals surface area contributed by atoms with Gasteiger partial charge in [-0.2, -0.15) is 0 Å². The standard InChI is InChI=1S/C23H22BrN3O5.C6H19NSi2/c1-4-32-23(29)21-19-12-26(11-14-5-7-16(30-2)10-20(14)31-3)22(28)17-9-15(24)6-8-18(17)27(19)13-25-21;1-8(2,3)7-9(4,5)6/h5-10,13H,4,11-12H2,1-3H3;7H,1-6H3. The van der Waals surface area contributed by atoms with Gasteiger partial charge in [-0.25, -0.2) is 9.78 Å². The topological polar surface area (TPSA) is 94.9 Å². The molecule has 0 spiro atoms. The van der Waals surface area contributed by atoms with Crippen LogP contribution in [0.4, 0.5) is 0 Å². The van der Waals surface area contributed by atoms with Crippen molar-refractivity contribution in [3.63, 3.8) is 0 Å². The van der Waals surface area contributed by atoms with Crippen LogP contribution in [0.2, 0.25) is 39.3 Å². The number of rotatable bonds is 8. The molecule has 2 heterocycles. The quantitative estimate of drug-likeness (QED) is 0.226. The molecule has 12 heteroatoms. The van der Waals surface area contributed by atoms with E-state index in [1.807, 2.05) is 24.3 Å². The zero-order chi connectivity index (χ0) is 30.5. The molecule has 0 bridgehead atoms. The van der Waals surface area contributed by atoms with E-state index in [1.54, 1.807) is 49.1 Å². The van der Waals surface area contributed by atoms with Gasteiger partial charge in [0.05, 0.1) is 50.9 Å². The van der Waals surface area contributed by atoms with Gasteiger partial charge in [0.2, 0.25) is 0 Å². The summed E-state index contributed by atoms with van der Waals surface area (Å²) >= 11 is 3.45. The van der Waals surface area contributed by atoms with Crippen LogP contribution in [0.1, 0.15) is 39.0 Å². The Hall–Kier alpha value is -2.94. The number of ether oxygens (including phenoxy) is 3. The van der Waals surface area contributed by atoms with Crippen molar-refractivity contribution in [3.05, 3.63) is 69.7 Å². The maximum atomic E-state index is 13.6. The van der Waals surface area contributed by atoms with E-state index in [2.05, 4.69) is 64.8 Å². The summed E-state index contributed by atoms with van der Waals surface area (Å²) in [7, 11) is 1.19. The van der Waals surface area contributed by atoms with Crippen LogP contribution >= 0.6 is 15.9 Å². The Morgan fingerprint density at radius 1 is 1.02 bits per heavy atom. The van der Waals surface area contributed by atoms with Gasteiger partial charge in [0.25, 0.3) is 5.91 Å². The lowest BCUT2D eigenvalue weighted by molar-refractivity contribution is 0.0514. The molecule has 9 nitrogen and oxygen atoms in total. The first-order chi connectivity index (χ1) is 19.2. The summed E-state index contributed by atoms with van der Waals surface area (Å²) in [6.45, 7) is 16.5. The molecule has 1 aliphatic heterocycles. The fourth-order valence-corrected chi connectivity index (χ4v) is 14.2. The van der Waals surface area contributed by atoms with E-state index >= 15 is 0 Å². The largest absolute Gasteiger partial charge is 0.497 e. The Kier molecular flexibility index (Phi) is 10.6. The van der Waals surface area contributed by atoms with Crippen LogP contribution < -0.4 is 14.1 Å². The molecule has 0 radical (unpaired) electrons. The summed E-state index contributed by atoms with van der Waals surface area (Å²) in [5, 5.41) is 0. The molecule has 4 rings (SSSR count). The molecule has 0 fully saturated rings. The molecule has 0 atom stereocenters. The maximum Gasteiger partial charge on any atom is 0.358 e. The number of aromatic nitrogens is 2. The summed E-state index contributed by atoms with van der Waals surface area (Å²) in [5.74, 6) is 0.577. The van der Waals surface area contributed by atoms with Crippen LogP contribution in [0.3, 0.4) is 0 Å². The number of hydrogen-bond donors (Lipinski definition) is 1. The van der Waals surface area contributed by atoms with Gasteiger partial charge in [0, 0.05) is 16.1 Å². The number of imidazole rings is 1. The number of benzene rings is 2. The average molecular weight is 662 g/mol. The summed E-state index contributed by atoms with van der Waals surface area (Å²) < 4.78 is 22.3. The van der Waals surface area contributed by atoms with Gasteiger partial charge in [-0.1, -0.05) is 55.2 Å². The number of nitrogens with zero attached hydrogens (tertiary/aromatic N) is 3. The molecule has 2 aromatic carbocycles. The molecule has 0 aliphatic carbocycles. The number of carbonyl (C=O) groups is 2. The highest BCUT2D eigenvalue weighted by Gasteiger charge is 2.31. The second kappa shape index (κ2) is 13.4. The van der Waals surface area contributed by atoms with Gasteiger partial charge < -0.3 is 23.8 Å². The van der Waals surface area contributed by atoms with Crippen LogP contribution in [-0.2, 0) is 17.8 Å². The number of esters is 1. The minimum atomic E-state index is -0.981. The first kappa shape index (κ1) is 32.6. The SMILES string of the molecule is CCOC(=O)c1ncn2c1CN(Cc1ccc(OC)cc1OC)C(=O)c1cc(Br)ccc1-2.C[Si](C)(C)N[Si](C)(C)C. The van der Waals surface area contributed by atoms with Gasteiger partial charge in [-0.3, -0.25) is 9.36 Å². The summed E-state index contributed by atoms with van der Waals surface area (Å²) in [6, 6.07) is 10.9. The molecule has 0 unspecified atom stereocenters. The van der Waals surface area contributed by atoms with Crippen molar-refractivity contribution in [1.29, 1.82) is 0 Å². The predicted octanol–water partition coefficient (Wildman–Crippen LogP) is 6.23. The van der Waals surface area contributed by atoms with Crippen LogP contribution in [0.25, 0.3) is 5.69 Å². The molecule has 41 heavy (non-hydrogen) atoms. The van der Waals surface area contributed by atoms with Gasteiger partial charge in [-0.15, -0.1) is 0 Å². The molecular weight excluding hydrogens is 620 g/mol. The number of carbonyl (C=O) groups excluding carboxylic acids is 2. The number of nitrogens with one attached hydrogen (secondary N) is 1. The lowest BCUT2D eigenvalue weighted by Gasteiger charge is -2.28. The van der Waals surface area contributed by atoms with E-state index in [0.717, 1.165) is 10.0 Å². The van der Waals surface area contributed by atoms with Gasteiger partial charge in [-0.05, 0) is 37.3 Å². The number of hydrogen-bond acceptors (Lipinski definition) is 7. The van der Waals surface area contributed by atoms with Crippen molar-refractivity contribution in [2.45, 2.75) is 59.3 Å². The van der Waals surface area contributed by atoms with Gasteiger partial charge in [0.15, 0.2) is 5.69 Å². The molecule has 0 saturated heterocycles. The van der Waals surface area contributed by atoms with Crippen molar-refractivity contribution in [3.8, 4) is 17.2 Å². The van der Waals surface area contributed by atoms with E-state index < -0.39 is 22.4 Å². The van der Waals surface area contributed by atoms with Gasteiger partial charge in [0.1, 0.15) is 34.3 Å². The second-order valence-corrected chi connectivity index (χ2v) is 22.7. The van der Waals surface area contributed by atoms with Crippen molar-refractivity contribution in [2.75, 3.05) is 20.8 Å². The highest BCUT2D eigenvalue weighted by atomic mass is 79.9. The Bertz CT molecular complexity index is 1390. The van der Waals surface area contributed by atoms with Crippen molar-refractivity contribution < 1.29 is 23.8 Å². The third-order valence-electron chi connectivity index (χ3n) is 6.02. The monoisotopic (exact) mass is 660 g/mol. The fourth-order valence-electron chi connectivity index (χ4n) is 4.86. The normalized spacial score (nSPS) is 12.9. The lowest BCUT2D eigenvalue weighted by Crippen LogP contribution is -2.55. The smallest absolute Gasteiger partial charge is 0.358 e. The molecule has 1 aliphatic rings. The molecule has 3 aromatic rings. The van der Waals surface area contributed by atoms with E-state index in [9.17, 15) is 9.59 Å². The van der Waals surface area contributed by atoms with Crippen LogP contribution in [-0.4, -0.2) is 63.6 Å². The predicted molar refractivity (Wildman–Crippen MR) is 170 cm³/mol. The number of fused-ring (bicyclic) bond motifs is 3. The van der Waals surface area contributed by atoms with E-state index in [4.69, 9.17) is 14.2 Å². The minimum Gasteiger partial charge on any atom is -0.497 e. The van der Waals surface area contributed by atoms with Gasteiger partial charge >= 0.3 is 5.97 Å². The Balaban J connectivity index is 0.000000445. The van der Waals surface area contributed by atoms with Crippen molar-refractivity contribution >= 4 is 44.3 Å². The van der Waals surface area contributed by atoms with E-state index in [0.29, 0.717) is 28.4 Å². The number of halogens is 1. The van der Waals surface area contributed by atoms with E-state index in [-0.39, 0.29) is 31.3 Å². The Morgan fingerprint density at radius 3 is 2.27 bits per heavy atom. The molecule has 222 valence electrons. The average Bonchev–Trinajstić information content (AvgIpc) is 3.25. The van der Waals surface area contributed by atoms with E-state index in [1.165, 1.54) is 0 Å². The maximum absolute atomic E-state index is 13.6. The molecule has 1 N–H and O–H groups in total. The lowest BCUT2D eigenvalue weighted by atomic mass is 10.1. The summed E-state index contributed by atoms with van der Waals surface area (Å²) in [6.07, 6.45) is 1.55. The third kappa shape index (κ3) is 8.54. The zero-order valence-electron chi connectivity index (χ0n) is 25.4. The molecular formula is C29H41BrN4O5Si2. The highest BCUT2D eigenvalue weighted by molar-refractivity contribution is 9.10. The van der Waals surface area contributed by atoms with Crippen LogP contribution in [0.5, 0.6) is 11.5 Å². The number of methoxy groups -OCH3 is 2. The Labute approximate surface area is 253 Å². The zero-order valence-corrected chi connectivity index (χ0v) is 29.0. The molecule has 0 saturated carbocycles. The van der Waals surface area contributed by atoms with Crippen molar-refractivity contribution in [1.82, 2.24) is 19.1 Å². The fraction of sp³-hybridized carbons (Fsp3) is 0.414. The van der Waals surface area contributed by atoms with Crippen LogP contribution in [0.15, 0.2) is 47.2 Å². The molecule has 1 amide bonds.